The van der Waals surface area contributed by atoms with E-state index in [4.69, 9.17) is 11.6 Å². The predicted molar refractivity (Wildman–Crippen MR) is 72.1 cm³/mol. The average molecular weight is 373 g/mol. The highest BCUT2D eigenvalue weighted by atomic mass is 79.9. The number of hydrogen-bond acceptors (Lipinski definition) is 2. The van der Waals surface area contributed by atoms with E-state index in [9.17, 15) is 0 Å². The normalized spacial score (nSPS) is 13.1. The molecule has 2 heterocycles. The van der Waals surface area contributed by atoms with Gasteiger partial charge in [-0.1, -0.05) is 27.5 Å². The van der Waals surface area contributed by atoms with Crippen molar-refractivity contribution < 1.29 is 0 Å². The Morgan fingerprint density at radius 3 is 2.71 bits per heavy atom. The molecule has 2 aromatic rings. The first-order valence-electron chi connectivity index (χ1n) is 3.79. The molecule has 0 aromatic carbocycles. The van der Waals surface area contributed by atoms with Gasteiger partial charge in [0.05, 0.1) is 4.83 Å². The molecule has 1 unspecified atom stereocenters. The molecule has 0 aliphatic carbocycles. The Kier molecular flexibility index (Phi) is 3.71. The summed E-state index contributed by atoms with van der Waals surface area (Å²) >= 11 is 16.4. The van der Waals surface area contributed by atoms with Crippen LogP contribution in [0.1, 0.15) is 15.3 Å². The van der Waals surface area contributed by atoms with Crippen LogP contribution in [-0.4, -0.2) is 0 Å². The largest absolute Gasteiger partial charge is 0.152 e. The SMILES string of the molecule is Clc1sc(C(Br)c2ccsc2)cc1Br. The first-order chi connectivity index (χ1) is 6.68. The van der Waals surface area contributed by atoms with Crippen LogP contribution in [0, 0.1) is 0 Å². The predicted octanol–water partition coefficient (Wildman–Crippen LogP) is 5.71. The van der Waals surface area contributed by atoms with Crippen molar-refractivity contribution in [1.29, 1.82) is 0 Å². The number of hydrogen-bond donors (Lipinski definition) is 0. The van der Waals surface area contributed by atoms with Crippen LogP contribution >= 0.6 is 66.1 Å². The van der Waals surface area contributed by atoms with Gasteiger partial charge < -0.3 is 0 Å². The fraction of sp³-hybridized carbons (Fsp3) is 0.111. The average Bonchev–Trinajstić information content (AvgIpc) is 2.76. The van der Waals surface area contributed by atoms with Gasteiger partial charge in [-0.05, 0) is 44.4 Å². The lowest BCUT2D eigenvalue weighted by molar-refractivity contribution is 1.25. The molecule has 0 nitrogen and oxygen atoms in total. The topological polar surface area (TPSA) is 0 Å². The van der Waals surface area contributed by atoms with Crippen LogP contribution in [0.5, 0.6) is 0 Å². The van der Waals surface area contributed by atoms with Gasteiger partial charge in [-0.2, -0.15) is 11.3 Å². The van der Waals surface area contributed by atoms with Crippen LogP contribution in [0.2, 0.25) is 4.34 Å². The van der Waals surface area contributed by atoms with Crippen LogP contribution in [0.25, 0.3) is 0 Å². The minimum Gasteiger partial charge on any atom is -0.152 e. The lowest BCUT2D eigenvalue weighted by Gasteiger charge is -2.03. The fourth-order valence-corrected chi connectivity index (χ4v) is 4.37. The number of rotatable bonds is 2. The van der Waals surface area contributed by atoms with Crippen molar-refractivity contribution in [3.63, 3.8) is 0 Å². The second-order valence-electron chi connectivity index (χ2n) is 2.69. The summed E-state index contributed by atoms with van der Waals surface area (Å²) < 4.78 is 1.78. The van der Waals surface area contributed by atoms with Gasteiger partial charge in [0.25, 0.3) is 0 Å². The van der Waals surface area contributed by atoms with Crippen LogP contribution in [0.3, 0.4) is 0 Å². The van der Waals surface area contributed by atoms with E-state index < -0.39 is 0 Å². The molecule has 2 rings (SSSR count). The summed E-state index contributed by atoms with van der Waals surface area (Å²) in [4.78, 5) is 1.47. The zero-order valence-corrected chi connectivity index (χ0v) is 12.4. The Morgan fingerprint density at radius 1 is 1.43 bits per heavy atom. The summed E-state index contributed by atoms with van der Waals surface area (Å²) in [7, 11) is 0. The maximum absolute atomic E-state index is 5.99. The van der Waals surface area contributed by atoms with Crippen LogP contribution in [-0.2, 0) is 0 Å². The van der Waals surface area contributed by atoms with E-state index in [1.807, 2.05) is 0 Å². The highest BCUT2D eigenvalue weighted by Gasteiger charge is 2.15. The molecule has 0 spiro atoms. The molecule has 74 valence electrons. The first-order valence-corrected chi connectivity index (χ1v) is 7.64. The fourth-order valence-electron chi connectivity index (χ4n) is 1.07. The molecule has 1 atom stereocenters. The van der Waals surface area contributed by atoms with Crippen molar-refractivity contribution in [3.05, 3.63) is 42.1 Å². The Balaban J connectivity index is 2.32. The first kappa shape index (κ1) is 11.1. The van der Waals surface area contributed by atoms with Crippen molar-refractivity contribution >= 4 is 66.1 Å². The Hall–Kier alpha value is 0.650. The molecule has 0 saturated carbocycles. The third-order valence-electron chi connectivity index (χ3n) is 1.75. The second kappa shape index (κ2) is 4.66. The molecular formula is C9H5Br2ClS2. The van der Waals surface area contributed by atoms with E-state index in [0.29, 0.717) is 0 Å². The van der Waals surface area contributed by atoms with E-state index in [1.54, 1.807) is 22.7 Å². The quantitative estimate of drug-likeness (QED) is 0.592. The zero-order valence-electron chi connectivity index (χ0n) is 6.84. The minimum atomic E-state index is 0.252. The van der Waals surface area contributed by atoms with Gasteiger partial charge in [0.1, 0.15) is 4.34 Å². The zero-order chi connectivity index (χ0) is 10.1. The Morgan fingerprint density at radius 2 is 2.21 bits per heavy atom. The number of thiophene rings is 2. The summed E-state index contributed by atoms with van der Waals surface area (Å²) in [6.45, 7) is 0. The molecule has 0 aliphatic rings. The smallest absolute Gasteiger partial charge is 0.107 e. The summed E-state index contributed by atoms with van der Waals surface area (Å²) in [6, 6.07) is 4.18. The van der Waals surface area contributed by atoms with E-state index in [-0.39, 0.29) is 4.83 Å². The van der Waals surface area contributed by atoms with E-state index in [2.05, 4.69) is 54.8 Å². The highest BCUT2D eigenvalue weighted by molar-refractivity contribution is 9.10. The maximum atomic E-state index is 5.99. The highest BCUT2D eigenvalue weighted by Crippen LogP contribution is 2.41. The molecule has 0 saturated heterocycles. The Labute approximate surface area is 112 Å². The van der Waals surface area contributed by atoms with Crippen LogP contribution in [0.15, 0.2) is 27.4 Å². The van der Waals surface area contributed by atoms with Gasteiger partial charge in [-0.25, -0.2) is 0 Å². The summed E-state index contributed by atoms with van der Waals surface area (Å²) in [5.74, 6) is 0. The van der Waals surface area contributed by atoms with Crippen molar-refractivity contribution in [2.45, 2.75) is 4.83 Å². The summed E-state index contributed by atoms with van der Waals surface area (Å²) in [5.41, 5.74) is 1.28. The number of halogens is 3. The maximum Gasteiger partial charge on any atom is 0.107 e. The molecule has 5 heteroatoms. The molecule has 0 N–H and O–H groups in total. The van der Waals surface area contributed by atoms with Crippen LogP contribution < -0.4 is 0 Å². The molecule has 0 aliphatic heterocycles. The van der Waals surface area contributed by atoms with E-state index >= 15 is 0 Å². The van der Waals surface area contributed by atoms with Crippen molar-refractivity contribution in [3.8, 4) is 0 Å². The lowest BCUT2D eigenvalue weighted by Crippen LogP contribution is -1.84. The minimum absolute atomic E-state index is 0.252. The third-order valence-corrected chi connectivity index (χ3v) is 6.32. The van der Waals surface area contributed by atoms with Crippen LogP contribution in [0.4, 0.5) is 0 Å². The molecule has 0 fully saturated rings. The monoisotopic (exact) mass is 370 g/mol. The van der Waals surface area contributed by atoms with Gasteiger partial charge in [-0.3, -0.25) is 0 Å². The van der Waals surface area contributed by atoms with Gasteiger partial charge >= 0.3 is 0 Å². The van der Waals surface area contributed by atoms with Gasteiger partial charge in [0, 0.05) is 9.35 Å². The summed E-state index contributed by atoms with van der Waals surface area (Å²) in [6.07, 6.45) is 0. The molecule has 14 heavy (non-hydrogen) atoms. The third kappa shape index (κ3) is 2.25. The van der Waals surface area contributed by atoms with Crippen molar-refractivity contribution in [2.75, 3.05) is 0 Å². The lowest BCUT2D eigenvalue weighted by atomic mass is 10.2. The van der Waals surface area contributed by atoms with Gasteiger partial charge in [0.2, 0.25) is 0 Å². The molecular weight excluding hydrogens is 367 g/mol. The van der Waals surface area contributed by atoms with Gasteiger partial charge in [0.15, 0.2) is 0 Å². The molecule has 0 amide bonds. The van der Waals surface area contributed by atoms with Gasteiger partial charge in [-0.15, -0.1) is 11.3 Å². The standard InChI is InChI=1S/C9H5Br2ClS2/c10-6-3-7(14-9(6)12)8(11)5-1-2-13-4-5/h1-4,8H. The summed E-state index contributed by atoms with van der Waals surface area (Å²) in [5, 5.41) is 4.22. The molecule has 0 radical (unpaired) electrons. The second-order valence-corrected chi connectivity index (χ2v) is 6.93. The van der Waals surface area contributed by atoms with E-state index in [1.165, 1.54) is 10.4 Å². The molecule has 2 aromatic heterocycles. The number of alkyl halides is 1. The van der Waals surface area contributed by atoms with Crippen molar-refractivity contribution in [2.24, 2.45) is 0 Å². The van der Waals surface area contributed by atoms with E-state index in [0.717, 1.165) is 8.81 Å². The Bertz CT molecular complexity index is 402. The van der Waals surface area contributed by atoms with Crippen molar-refractivity contribution in [1.82, 2.24) is 0 Å². The molecule has 0 bridgehead atoms.